The largest absolute Gasteiger partial charge is 3.00 e. The molecule has 0 saturated heterocycles. The van der Waals surface area contributed by atoms with Crippen molar-refractivity contribution in [3.63, 3.8) is 0 Å². The van der Waals surface area contributed by atoms with E-state index in [0.29, 0.717) is 0 Å². The van der Waals surface area contributed by atoms with Crippen LogP contribution in [-0.4, -0.2) is 29.5 Å². The summed E-state index contributed by atoms with van der Waals surface area (Å²) >= 11 is 0. The van der Waals surface area contributed by atoms with E-state index in [9.17, 15) is 0 Å². The number of aromatic nitrogens is 6. The van der Waals surface area contributed by atoms with Crippen molar-refractivity contribution < 1.29 is 19.5 Å². The Kier molecular flexibility index (Phi) is 6.50. The minimum absolute atomic E-state index is 0. The molecule has 2 aromatic heterocycles. The van der Waals surface area contributed by atoms with E-state index in [4.69, 9.17) is 0 Å². The molecule has 7 heteroatoms. The van der Waals surface area contributed by atoms with Crippen LogP contribution in [0.3, 0.4) is 0 Å². The van der Waals surface area contributed by atoms with Crippen LogP contribution in [0.15, 0.2) is 25.3 Å². The SMILES string of the molecule is CC(C)(C)n1cncn1.CC(C)(C)n1cncn1.[Ru+3]. The molecule has 0 aliphatic carbocycles. The molecule has 0 atom stereocenters. The molecule has 0 amide bonds. The number of rotatable bonds is 0. The quantitative estimate of drug-likeness (QED) is 0.682. The Morgan fingerprint density at radius 2 is 1.00 bits per heavy atom. The van der Waals surface area contributed by atoms with Gasteiger partial charge in [0.2, 0.25) is 0 Å². The van der Waals surface area contributed by atoms with E-state index in [2.05, 4.69) is 61.7 Å². The fourth-order valence-electron chi connectivity index (χ4n) is 1.11. The number of hydrogen-bond donors (Lipinski definition) is 0. The van der Waals surface area contributed by atoms with Crippen LogP contribution in [0.4, 0.5) is 0 Å². The topological polar surface area (TPSA) is 61.4 Å². The molecular weight excluding hydrogens is 329 g/mol. The summed E-state index contributed by atoms with van der Waals surface area (Å²) in [6, 6.07) is 0. The standard InChI is InChI=1S/2C6H11N3.Ru/c2*1-6(2,3)9-5-7-4-8-9;/h2*4-5H,1-3H3;/q;;+3. The minimum Gasteiger partial charge on any atom is -0.248 e. The first-order valence-electron chi connectivity index (χ1n) is 5.91. The molecule has 0 unspecified atom stereocenters. The van der Waals surface area contributed by atoms with Gasteiger partial charge < -0.3 is 0 Å². The second kappa shape index (κ2) is 6.89. The average molecular weight is 351 g/mol. The summed E-state index contributed by atoms with van der Waals surface area (Å²) in [5, 5.41) is 7.99. The van der Waals surface area contributed by atoms with Crippen molar-refractivity contribution in [3.05, 3.63) is 25.3 Å². The maximum Gasteiger partial charge on any atom is 3.00 e. The molecule has 1 radical (unpaired) electrons. The number of nitrogens with zero attached hydrogens (tertiary/aromatic N) is 6. The van der Waals surface area contributed by atoms with Crippen LogP contribution >= 0.6 is 0 Å². The van der Waals surface area contributed by atoms with Gasteiger partial charge in [-0.05, 0) is 41.5 Å². The molecule has 19 heavy (non-hydrogen) atoms. The van der Waals surface area contributed by atoms with Gasteiger partial charge in [-0.25, -0.2) is 19.3 Å². The van der Waals surface area contributed by atoms with E-state index in [1.807, 2.05) is 9.36 Å². The van der Waals surface area contributed by atoms with Crippen molar-refractivity contribution in [2.45, 2.75) is 52.6 Å². The van der Waals surface area contributed by atoms with Gasteiger partial charge in [-0.1, -0.05) is 0 Å². The third-order valence-electron chi connectivity index (χ3n) is 2.21. The summed E-state index contributed by atoms with van der Waals surface area (Å²) in [4.78, 5) is 7.68. The van der Waals surface area contributed by atoms with Gasteiger partial charge in [-0.15, -0.1) is 0 Å². The van der Waals surface area contributed by atoms with Crippen LogP contribution in [-0.2, 0) is 30.6 Å². The van der Waals surface area contributed by atoms with Crippen molar-refractivity contribution >= 4 is 0 Å². The van der Waals surface area contributed by atoms with Gasteiger partial charge in [-0.3, -0.25) is 0 Å². The van der Waals surface area contributed by atoms with Gasteiger partial charge in [0.25, 0.3) is 0 Å². The summed E-state index contributed by atoms with van der Waals surface area (Å²) in [6.07, 6.45) is 6.54. The van der Waals surface area contributed by atoms with Crippen molar-refractivity contribution in [2.75, 3.05) is 0 Å². The van der Waals surface area contributed by atoms with E-state index in [0.717, 1.165) is 0 Å². The molecule has 105 valence electrons. The second-order valence-corrected chi connectivity index (χ2v) is 6.02. The molecular formula is C12H22N6Ru+3. The van der Waals surface area contributed by atoms with E-state index in [1.54, 1.807) is 25.3 Å². The molecule has 0 bridgehead atoms. The molecule has 0 aliphatic rings. The average Bonchev–Trinajstić information content (AvgIpc) is 2.91. The molecule has 0 saturated carbocycles. The van der Waals surface area contributed by atoms with Gasteiger partial charge >= 0.3 is 19.5 Å². The molecule has 0 aliphatic heterocycles. The van der Waals surface area contributed by atoms with Crippen molar-refractivity contribution in [2.24, 2.45) is 0 Å². The second-order valence-electron chi connectivity index (χ2n) is 6.02. The van der Waals surface area contributed by atoms with E-state index in [-0.39, 0.29) is 30.6 Å². The van der Waals surface area contributed by atoms with Crippen molar-refractivity contribution in [3.8, 4) is 0 Å². The molecule has 2 heterocycles. The molecule has 0 aromatic carbocycles. The summed E-state index contributed by atoms with van der Waals surface area (Å²) in [5.74, 6) is 0. The Balaban J connectivity index is 0.000000324. The van der Waals surface area contributed by atoms with Crippen LogP contribution in [0.5, 0.6) is 0 Å². The molecule has 2 aromatic rings. The van der Waals surface area contributed by atoms with E-state index >= 15 is 0 Å². The van der Waals surface area contributed by atoms with Crippen molar-refractivity contribution in [1.82, 2.24) is 29.5 Å². The maximum absolute atomic E-state index is 3.99. The Bertz CT molecular complexity index is 391. The van der Waals surface area contributed by atoms with Crippen LogP contribution in [0, 0.1) is 0 Å². The Labute approximate surface area is 127 Å². The Hall–Kier alpha value is -1.10. The first kappa shape index (κ1) is 17.9. The zero-order valence-electron chi connectivity index (χ0n) is 12.3. The minimum atomic E-state index is 0. The first-order valence-corrected chi connectivity index (χ1v) is 5.91. The van der Waals surface area contributed by atoms with Crippen LogP contribution in [0.2, 0.25) is 0 Å². The third kappa shape index (κ3) is 6.05. The maximum atomic E-state index is 3.99. The fourth-order valence-corrected chi connectivity index (χ4v) is 1.11. The summed E-state index contributed by atoms with van der Waals surface area (Å²) in [5.41, 5.74) is 0.132. The Morgan fingerprint density at radius 1 is 0.684 bits per heavy atom. The molecule has 2 rings (SSSR count). The summed E-state index contributed by atoms with van der Waals surface area (Å²) in [6.45, 7) is 12.5. The van der Waals surface area contributed by atoms with Crippen LogP contribution in [0.1, 0.15) is 41.5 Å². The monoisotopic (exact) mass is 352 g/mol. The van der Waals surface area contributed by atoms with E-state index < -0.39 is 0 Å². The predicted octanol–water partition coefficient (Wildman–Crippen LogP) is 2.06. The zero-order chi connectivity index (χ0) is 13.8. The molecule has 0 spiro atoms. The van der Waals surface area contributed by atoms with E-state index in [1.165, 1.54) is 0 Å². The molecule has 0 N–H and O–H groups in total. The van der Waals surface area contributed by atoms with Crippen molar-refractivity contribution in [1.29, 1.82) is 0 Å². The first-order chi connectivity index (χ1) is 8.21. The molecule has 6 nitrogen and oxygen atoms in total. The van der Waals surface area contributed by atoms with Gasteiger partial charge in [0, 0.05) is 0 Å². The molecule has 0 fully saturated rings. The summed E-state index contributed by atoms with van der Waals surface area (Å²) in [7, 11) is 0. The smallest absolute Gasteiger partial charge is 0.248 e. The number of hydrogen-bond acceptors (Lipinski definition) is 4. The van der Waals surface area contributed by atoms with Gasteiger partial charge in [0.15, 0.2) is 0 Å². The van der Waals surface area contributed by atoms with Gasteiger partial charge in [0.1, 0.15) is 25.3 Å². The van der Waals surface area contributed by atoms with Crippen LogP contribution in [0.25, 0.3) is 0 Å². The van der Waals surface area contributed by atoms with Gasteiger partial charge in [-0.2, -0.15) is 10.2 Å². The third-order valence-corrected chi connectivity index (χ3v) is 2.21. The Morgan fingerprint density at radius 3 is 1.11 bits per heavy atom. The summed E-state index contributed by atoms with van der Waals surface area (Å²) < 4.78 is 3.65. The van der Waals surface area contributed by atoms with Gasteiger partial charge in [0.05, 0.1) is 11.1 Å². The van der Waals surface area contributed by atoms with Crippen LogP contribution < -0.4 is 0 Å². The normalized spacial score (nSPS) is 11.3. The zero-order valence-corrected chi connectivity index (χ0v) is 14.1. The predicted molar refractivity (Wildman–Crippen MR) is 70.0 cm³/mol. The fraction of sp³-hybridized carbons (Fsp3) is 0.667.